The third-order valence-corrected chi connectivity index (χ3v) is 3.54. The van der Waals surface area contributed by atoms with Crippen LogP contribution >= 0.6 is 0 Å². The molecule has 0 heterocycles. The van der Waals surface area contributed by atoms with Crippen molar-refractivity contribution in [2.45, 2.75) is 91.4 Å². The molecule has 0 N–H and O–H groups in total. The lowest BCUT2D eigenvalue weighted by Gasteiger charge is -2.06. The van der Waals surface area contributed by atoms with Crippen LogP contribution < -0.4 is 0 Å². The van der Waals surface area contributed by atoms with Gasteiger partial charge in [-0.25, -0.2) is 0 Å². The van der Waals surface area contributed by atoms with Gasteiger partial charge in [-0.15, -0.1) is 0 Å². The molecule has 116 valence electrons. The van der Waals surface area contributed by atoms with E-state index in [0.29, 0.717) is 0 Å². The monoisotopic (exact) mass is 276 g/mol. The average molecular weight is 277 g/mol. The van der Waals surface area contributed by atoms with Crippen molar-refractivity contribution < 1.29 is 0 Å². The molecule has 0 aliphatic heterocycles. The van der Waals surface area contributed by atoms with Gasteiger partial charge in [-0.05, 0) is 51.9 Å². The van der Waals surface area contributed by atoms with E-state index in [1.807, 2.05) is 0 Å². The van der Waals surface area contributed by atoms with E-state index in [1.165, 1.54) is 69.8 Å². The Hall–Kier alpha value is -0.780. The summed E-state index contributed by atoms with van der Waals surface area (Å²) in [6, 6.07) is 0. The van der Waals surface area contributed by atoms with E-state index >= 15 is 0 Å². The van der Waals surface area contributed by atoms with E-state index in [-0.39, 0.29) is 0 Å². The minimum absolute atomic E-state index is 1.09. The summed E-state index contributed by atoms with van der Waals surface area (Å²) in [6.07, 6.45) is 21.2. The molecule has 0 heteroatoms. The van der Waals surface area contributed by atoms with Gasteiger partial charge in [0.1, 0.15) is 0 Å². The molecule has 0 aliphatic carbocycles. The smallest absolute Gasteiger partial charge is 0.0114 e. The molecule has 0 bridgehead atoms. The molecule has 0 aromatic heterocycles. The lowest BCUT2D eigenvalue weighted by atomic mass is 10.0. The summed E-state index contributed by atoms with van der Waals surface area (Å²) in [5.74, 6) is 0. The molecule has 0 unspecified atom stereocenters. The van der Waals surface area contributed by atoms with Gasteiger partial charge in [0, 0.05) is 0 Å². The quantitative estimate of drug-likeness (QED) is 0.243. The summed E-state index contributed by atoms with van der Waals surface area (Å²) in [7, 11) is 0. The highest BCUT2D eigenvalue weighted by Gasteiger charge is 1.97. The molecule has 0 aromatic carbocycles. The molecule has 0 fully saturated rings. The molecule has 0 atom stereocenters. The van der Waals surface area contributed by atoms with Crippen molar-refractivity contribution in [3.05, 3.63) is 36.0 Å². The lowest BCUT2D eigenvalue weighted by molar-refractivity contribution is 0.722. The van der Waals surface area contributed by atoms with Gasteiger partial charge >= 0.3 is 0 Å². The Bertz CT molecular complexity index is 280. The van der Waals surface area contributed by atoms with Gasteiger partial charge in [0.05, 0.1) is 0 Å². The zero-order chi connectivity index (χ0) is 15.1. The van der Waals surface area contributed by atoms with E-state index in [9.17, 15) is 0 Å². The maximum atomic E-state index is 4.06. The number of allylic oxidation sites excluding steroid dienone is 5. The van der Waals surface area contributed by atoms with Gasteiger partial charge in [0.2, 0.25) is 0 Å². The first-order valence-electron chi connectivity index (χ1n) is 8.68. The zero-order valence-electron chi connectivity index (χ0n) is 14.2. The van der Waals surface area contributed by atoms with E-state index in [4.69, 9.17) is 0 Å². The summed E-state index contributed by atoms with van der Waals surface area (Å²) in [5, 5.41) is 0. The second-order valence-electron chi connectivity index (χ2n) is 6.00. The predicted octanol–water partition coefficient (Wildman–Crippen LogP) is 7.38. The first kappa shape index (κ1) is 19.2. The fourth-order valence-electron chi connectivity index (χ4n) is 2.37. The molecule has 0 aromatic rings. The van der Waals surface area contributed by atoms with Crippen molar-refractivity contribution in [1.82, 2.24) is 0 Å². The maximum absolute atomic E-state index is 4.06. The summed E-state index contributed by atoms with van der Waals surface area (Å²) in [6.45, 7) is 10.7. The molecule has 0 nitrogen and oxygen atoms in total. The summed E-state index contributed by atoms with van der Waals surface area (Å²) in [4.78, 5) is 0. The van der Waals surface area contributed by atoms with Crippen LogP contribution in [0.3, 0.4) is 0 Å². The molecule has 0 saturated heterocycles. The average Bonchev–Trinajstić information content (AvgIpc) is 2.41. The molecule has 20 heavy (non-hydrogen) atoms. The molecule has 0 rings (SSSR count). The fourth-order valence-corrected chi connectivity index (χ4v) is 2.37. The number of rotatable bonds is 13. The van der Waals surface area contributed by atoms with E-state index < -0.39 is 0 Å². The highest BCUT2D eigenvalue weighted by Crippen LogP contribution is 2.17. The third kappa shape index (κ3) is 13.6. The van der Waals surface area contributed by atoms with Gasteiger partial charge < -0.3 is 0 Å². The van der Waals surface area contributed by atoms with Crippen LogP contribution in [0.25, 0.3) is 0 Å². The van der Waals surface area contributed by atoms with Crippen LogP contribution in [0.5, 0.6) is 0 Å². The molecule has 0 radical (unpaired) electrons. The SMILES string of the molecule is C=C(C)C/C(=C/CCCCC)CC/C=C\CCCCC. The summed E-state index contributed by atoms with van der Waals surface area (Å²) >= 11 is 0. The van der Waals surface area contributed by atoms with Crippen LogP contribution in [0.2, 0.25) is 0 Å². The minimum atomic E-state index is 1.09. The Balaban J connectivity index is 3.93. The van der Waals surface area contributed by atoms with Crippen LogP contribution in [0, 0.1) is 0 Å². The first-order chi connectivity index (χ1) is 9.70. The van der Waals surface area contributed by atoms with Crippen molar-refractivity contribution in [1.29, 1.82) is 0 Å². The second kappa shape index (κ2) is 14.6. The Kier molecular flexibility index (Phi) is 14.1. The Morgan fingerprint density at radius 1 is 0.850 bits per heavy atom. The third-order valence-electron chi connectivity index (χ3n) is 3.54. The van der Waals surface area contributed by atoms with Crippen molar-refractivity contribution in [2.75, 3.05) is 0 Å². The molecule has 0 saturated carbocycles. The van der Waals surface area contributed by atoms with Crippen molar-refractivity contribution >= 4 is 0 Å². The molecule has 0 aliphatic rings. The van der Waals surface area contributed by atoms with Gasteiger partial charge in [0.25, 0.3) is 0 Å². The normalized spacial score (nSPS) is 12.2. The zero-order valence-corrected chi connectivity index (χ0v) is 14.2. The predicted molar refractivity (Wildman–Crippen MR) is 94.2 cm³/mol. The van der Waals surface area contributed by atoms with Crippen molar-refractivity contribution in [3.63, 3.8) is 0 Å². The molecular formula is C20H36. The number of hydrogen-bond donors (Lipinski definition) is 0. The van der Waals surface area contributed by atoms with Gasteiger partial charge in [-0.1, -0.05) is 75.5 Å². The highest BCUT2D eigenvalue weighted by molar-refractivity contribution is 5.12. The highest BCUT2D eigenvalue weighted by atomic mass is 14.0. The van der Waals surface area contributed by atoms with Crippen LogP contribution in [-0.2, 0) is 0 Å². The van der Waals surface area contributed by atoms with Gasteiger partial charge in [-0.3, -0.25) is 0 Å². The van der Waals surface area contributed by atoms with E-state index in [2.05, 4.69) is 45.6 Å². The Morgan fingerprint density at radius 3 is 2.05 bits per heavy atom. The number of hydrogen-bond acceptors (Lipinski definition) is 0. The van der Waals surface area contributed by atoms with E-state index in [1.54, 1.807) is 5.57 Å². The van der Waals surface area contributed by atoms with Crippen LogP contribution in [-0.4, -0.2) is 0 Å². The number of unbranched alkanes of at least 4 members (excludes halogenated alkanes) is 6. The summed E-state index contributed by atoms with van der Waals surface area (Å²) < 4.78 is 0. The summed E-state index contributed by atoms with van der Waals surface area (Å²) in [5.41, 5.74) is 2.88. The first-order valence-corrected chi connectivity index (χ1v) is 8.68. The maximum Gasteiger partial charge on any atom is -0.0114 e. The largest absolute Gasteiger partial charge is 0.0998 e. The molecular weight excluding hydrogens is 240 g/mol. The Morgan fingerprint density at radius 2 is 1.45 bits per heavy atom. The van der Waals surface area contributed by atoms with E-state index in [0.717, 1.165) is 6.42 Å². The fraction of sp³-hybridized carbons (Fsp3) is 0.700. The standard InChI is InChI=1S/C20H36/c1-5-7-9-11-12-13-15-17-20(18-19(3)4)16-14-10-8-6-2/h12-13,16H,3,5-11,14-15,17-18H2,1-2,4H3/b13-12-,20-16+. The lowest BCUT2D eigenvalue weighted by Crippen LogP contribution is -1.86. The molecule has 0 spiro atoms. The van der Waals surface area contributed by atoms with Crippen LogP contribution in [0.1, 0.15) is 91.4 Å². The molecule has 0 amide bonds. The minimum Gasteiger partial charge on any atom is -0.0998 e. The second-order valence-corrected chi connectivity index (χ2v) is 6.00. The topological polar surface area (TPSA) is 0 Å². The van der Waals surface area contributed by atoms with Gasteiger partial charge in [0.15, 0.2) is 0 Å². The van der Waals surface area contributed by atoms with Crippen molar-refractivity contribution in [2.24, 2.45) is 0 Å². The Labute approximate surface area is 128 Å². The van der Waals surface area contributed by atoms with Crippen molar-refractivity contribution in [3.8, 4) is 0 Å². The van der Waals surface area contributed by atoms with Crippen LogP contribution in [0.15, 0.2) is 36.0 Å². The van der Waals surface area contributed by atoms with Gasteiger partial charge in [-0.2, -0.15) is 0 Å². The van der Waals surface area contributed by atoms with Crippen LogP contribution in [0.4, 0.5) is 0 Å².